The van der Waals surface area contributed by atoms with Crippen LogP contribution in [-0.2, 0) is 19.4 Å². The molecule has 0 saturated heterocycles. The number of hydrogen-bond donors (Lipinski definition) is 1. The van der Waals surface area contributed by atoms with Crippen molar-refractivity contribution in [1.82, 2.24) is 9.88 Å². The minimum Gasteiger partial charge on any atom is -0.497 e. The van der Waals surface area contributed by atoms with Crippen LogP contribution in [-0.4, -0.2) is 30.1 Å². The van der Waals surface area contributed by atoms with Crippen molar-refractivity contribution in [3.63, 3.8) is 0 Å². The molecule has 3 aromatic carbocycles. The molecule has 0 bridgehead atoms. The summed E-state index contributed by atoms with van der Waals surface area (Å²) < 4.78 is 5.41. The molecule has 152 valence electrons. The van der Waals surface area contributed by atoms with Crippen molar-refractivity contribution in [3.05, 3.63) is 89.1 Å². The maximum atomic E-state index is 5.41. The number of nitrogens with one attached hydrogen (secondary N) is 1. The molecule has 3 heteroatoms. The van der Waals surface area contributed by atoms with Crippen molar-refractivity contribution in [2.45, 2.75) is 26.3 Å². The zero-order valence-corrected chi connectivity index (χ0v) is 17.7. The standard InChI is InChI=1S/C27H28N2O/c1-19-17-21(30-2)11-12-22(19)23-9-6-10-26-27(23)24-13-15-29(16-14-25(24)28-26)18-20-7-4-3-5-8-20/h3-12,17,28H,13-16,18H2,1-2H3. The van der Waals surface area contributed by atoms with E-state index in [4.69, 9.17) is 4.74 Å². The van der Waals surface area contributed by atoms with Crippen LogP contribution in [0.2, 0.25) is 0 Å². The number of methoxy groups -OCH3 is 1. The van der Waals surface area contributed by atoms with E-state index in [9.17, 15) is 0 Å². The second-order valence-corrected chi connectivity index (χ2v) is 8.25. The Kier molecular flexibility index (Phi) is 5.06. The molecule has 0 unspecified atom stereocenters. The van der Waals surface area contributed by atoms with Crippen LogP contribution in [0.15, 0.2) is 66.7 Å². The highest BCUT2D eigenvalue weighted by Gasteiger charge is 2.21. The van der Waals surface area contributed by atoms with E-state index in [1.54, 1.807) is 7.11 Å². The Morgan fingerprint density at radius 3 is 2.53 bits per heavy atom. The van der Waals surface area contributed by atoms with Gasteiger partial charge in [-0.05, 0) is 59.4 Å². The first-order chi connectivity index (χ1) is 14.7. The van der Waals surface area contributed by atoms with Gasteiger partial charge < -0.3 is 9.72 Å². The summed E-state index contributed by atoms with van der Waals surface area (Å²) in [5.41, 5.74) is 9.39. The molecule has 0 amide bonds. The van der Waals surface area contributed by atoms with Gasteiger partial charge in [0.25, 0.3) is 0 Å². The average Bonchev–Trinajstić information content (AvgIpc) is 3.02. The van der Waals surface area contributed by atoms with Gasteiger partial charge in [0.15, 0.2) is 0 Å². The van der Waals surface area contributed by atoms with E-state index in [0.29, 0.717) is 0 Å². The van der Waals surface area contributed by atoms with Crippen molar-refractivity contribution in [2.75, 3.05) is 20.2 Å². The summed E-state index contributed by atoms with van der Waals surface area (Å²) in [4.78, 5) is 6.32. The van der Waals surface area contributed by atoms with Crippen molar-refractivity contribution >= 4 is 10.9 Å². The van der Waals surface area contributed by atoms with Gasteiger partial charge in [0, 0.05) is 42.7 Å². The Bertz CT molecular complexity index is 1180. The first-order valence-electron chi connectivity index (χ1n) is 10.8. The molecule has 4 aromatic rings. The van der Waals surface area contributed by atoms with Crippen molar-refractivity contribution in [3.8, 4) is 16.9 Å². The zero-order chi connectivity index (χ0) is 20.5. The first-order valence-corrected chi connectivity index (χ1v) is 10.8. The van der Waals surface area contributed by atoms with Gasteiger partial charge in [-0.3, -0.25) is 4.90 Å². The number of fused-ring (bicyclic) bond motifs is 3. The molecule has 0 saturated carbocycles. The third kappa shape index (κ3) is 3.50. The third-order valence-electron chi connectivity index (χ3n) is 6.34. The lowest BCUT2D eigenvalue weighted by molar-refractivity contribution is 0.279. The maximum absolute atomic E-state index is 5.41. The molecular formula is C27H28N2O. The lowest BCUT2D eigenvalue weighted by atomic mass is 9.94. The number of nitrogens with zero attached hydrogens (tertiary/aromatic N) is 1. The van der Waals surface area contributed by atoms with E-state index in [1.807, 2.05) is 0 Å². The minimum atomic E-state index is 0.910. The number of aromatic nitrogens is 1. The highest BCUT2D eigenvalue weighted by molar-refractivity contribution is 5.99. The summed E-state index contributed by atoms with van der Waals surface area (Å²) in [6.07, 6.45) is 2.15. The summed E-state index contributed by atoms with van der Waals surface area (Å²) in [6, 6.07) is 23.8. The molecule has 0 atom stereocenters. The number of aromatic amines is 1. The SMILES string of the molecule is COc1ccc(-c2cccc3[nH]c4c(c23)CCN(Cc2ccccc2)CC4)c(C)c1. The predicted molar refractivity (Wildman–Crippen MR) is 124 cm³/mol. The molecule has 0 fully saturated rings. The van der Waals surface area contributed by atoms with Crippen LogP contribution in [0.4, 0.5) is 0 Å². The monoisotopic (exact) mass is 396 g/mol. The molecule has 1 N–H and O–H groups in total. The van der Waals surface area contributed by atoms with E-state index in [2.05, 4.69) is 83.5 Å². The molecule has 0 radical (unpaired) electrons. The molecule has 30 heavy (non-hydrogen) atoms. The molecule has 1 aromatic heterocycles. The number of ether oxygens (including phenoxy) is 1. The minimum absolute atomic E-state index is 0.910. The normalized spacial score (nSPS) is 14.5. The number of rotatable bonds is 4. The highest BCUT2D eigenvalue weighted by Crippen LogP contribution is 2.37. The van der Waals surface area contributed by atoms with Crippen molar-refractivity contribution in [2.24, 2.45) is 0 Å². The van der Waals surface area contributed by atoms with Crippen LogP contribution in [0.5, 0.6) is 5.75 Å². The molecular weight excluding hydrogens is 368 g/mol. The summed E-state index contributed by atoms with van der Waals surface area (Å²) in [5, 5.41) is 1.39. The zero-order valence-electron chi connectivity index (χ0n) is 17.7. The van der Waals surface area contributed by atoms with Crippen molar-refractivity contribution < 1.29 is 4.74 Å². The molecule has 1 aliphatic rings. The Morgan fingerprint density at radius 2 is 1.73 bits per heavy atom. The number of hydrogen-bond acceptors (Lipinski definition) is 2. The lowest BCUT2D eigenvalue weighted by Crippen LogP contribution is -2.26. The molecule has 5 rings (SSSR count). The summed E-state index contributed by atoms with van der Waals surface area (Å²) >= 11 is 0. The van der Waals surface area contributed by atoms with Crippen molar-refractivity contribution in [1.29, 1.82) is 0 Å². The van der Waals surface area contributed by atoms with Crippen LogP contribution in [0.25, 0.3) is 22.0 Å². The van der Waals surface area contributed by atoms with Gasteiger partial charge in [-0.25, -0.2) is 0 Å². The second kappa shape index (κ2) is 8.00. The Labute approximate surface area is 178 Å². The Balaban J connectivity index is 1.50. The summed E-state index contributed by atoms with van der Waals surface area (Å²) in [5.74, 6) is 0.910. The highest BCUT2D eigenvalue weighted by atomic mass is 16.5. The van der Waals surface area contributed by atoms with Crippen LogP contribution in [0, 0.1) is 6.92 Å². The number of aryl methyl sites for hydroxylation is 1. The topological polar surface area (TPSA) is 28.3 Å². The predicted octanol–water partition coefficient (Wildman–Crippen LogP) is 5.75. The fourth-order valence-corrected chi connectivity index (χ4v) is 4.80. The average molecular weight is 397 g/mol. The van der Waals surface area contributed by atoms with Gasteiger partial charge in [0.2, 0.25) is 0 Å². The largest absolute Gasteiger partial charge is 0.497 e. The molecule has 0 spiro atoms. The van der Waals surface area contributed by atoms with Crippen LogP contribution in [0.3, 0.4) is 0 Å². The third-order valence-corrected chi connectivity index (χ3v) is 6.34. The van der Waals surface area contributed by atoms with Gasteiger partial charge in [-0.15, -0.1) is 0 Å². The summed E-state index contributed by atoms with van der Waals surface area (Å²) in [6.45, 7) is 5.37. The first kappa shape index (κ1) is 19.0. The number of H-pyrrole nitrogens is 1. The van der Waals surface area contributed by atoms with Crippen LogP contribution < -0.4 is 4.74 Å². The quantitative estimate of drug-likeness (QED) is 0.475. The van der Waals surface area contributed by atoms with Gasteiger partial charge >= 0.3 is 0 Å². The Hall–Kier alpha value is -3.04. The second-order valence-electron chi connectivity index (χ2n) is 8.25. The lowest BCUT2D eigenvalue weighted by Gasteiger charge is -2.20. The van der Waals surface area contributed by atoms with Gasteiger partial charge in [-0.2, -0.15) is 0 Å². The molecule has 1 aliphatic heterocycles. The van der Waals surface area contributed by atoms with E-state index in [0.717, 1.165) is 38.2 Å². The van der Waals surface area contributed by atoms with E-state index in [1.165, 1.54) is 44.4 Å². The number of benzene rings is 3. The smallest absolute Gasteiger partial charge is 0.119 e. The van der Waals surface area contributed by atoms with Crippen LogP contribution in [0.1, 0.15) is 22.4 Å². The molecule has 0 aliphatic carbocycles. The van der Waals surface area contributed by atoms with E-state index in [-0.39, 0.29) is 0 Å². The fraction of sp³-hybridized carbons (Fsp3) is 0.259. The van der Waals surface area contributed by atoms with Gasteiger partial charge in [-0.1, -0.05) is 48.5 Å². The van der Waals surface area contributed by atoms with Gasteiger partial charge in [0.05, 0.1) is 7.11 Å². The molecule has 2 heterocycles. The van der Waals surface area contributed by atoms with E-state index >= 15 is 0 Å². The van der Waals surface area contributed by atoms with Crippen LogP contribution >= 0.6 is 0 Å². The maximum Gasteiger partial charge on any atom is 0.119 e. The molecule has 3 nitrogen and oxygen atoms in total. The van der Waals surface area contributed by atoms with Gasteiger partial charge in [0.1, 0.15) is 5.75 Å². The fourth-order valence-electron chi connectivity index (χ4n) is 4.80. The summed E-state index contributed by atoms with van der Waals surface area (Å²) in [7, 11) is 1.72. The van der Waals surface area contributed by atoms with E-state index < -0.39 is 0 Å². The Morgan fingerprint density at radius 1 is 0.900 bits per heavy atom.